The molecule has 0 radical (unpaired) electrons. The number of thiol groups is 1. The maximum atomic E-state index is 5.60. The summed E-state index contributed by atoms with van der Waals surface area (Å²) in [7, 11) is 0. The lowest BCUT2D eigenvalue weighted by molar-refractivity contribution is 0.0163. The number of nitrogens with zero attached hydrogens (tertiary/aromatic N) is 1. The molecule has 0 atom stereocenters. The Morgan fingerprint density at radius 1 is 1.50 bits per heavy atom. The third-order valence-electron chi connectivity index (χ3n) is 2.61. The predicted octanol–water partition coefficient (Wildman–Crippen LogP) is 1.97. The molecule has 1 aliphatic heterocycles. The minimum Gasteiger partial charge on any atom is -0.378 e. The summed E-state index contributed by atoms with van der Waals surface area (Å²) in [5, 5.41) is 0. The minimum absolute atomic E-state index is 0.487. The molecule has 2 nitrogen and oxygen atoms in total. The van der Waals surface area contributed by atoms with Crippen LogP contribution in [-0.4, -0.2) is 43.0 Å². The summed E-state index contributed by atoms with van der Waals surface area (Å²) in [5.74, 6) is 0.797. The van der Waals surface area contributed by atoms with E-state index in [1.807, 2.05) is 0 Å². The third-order valence-corrected chi connectivity index (χ3v) is 3.06. The highest BCUT2D eigenvalue weighted by molar-refractivity contribution is 7.80. The van der Waals surface area contributed by atoms with Crippen molar-refractivity contribution >= 4 is 12.6 Å². The summed E-state index contributed by atoms with van der Waals surface area (Å²) in [5.41, 5.74) is 1.21. The molecule has 0 aromatic carbocycles. The number of ether oxygens (including phenoxy) is 1. The van der Waals surface area contributed by atoms with E-state index in [4.69, 9.17) is 4.74 Å². The molecule has 1 rings (SSSR count). The summed E-state index contributed by atoms with van der Waals surface area (Å²) in [6.45, 7) is 10.2. The van der Waals surface area contributed by atoms with E-state index >= 15 is 0 Å². The topological polar surface area (TPSA) is 12.5 Å². The first kappa shape index (κ1) is 12.1. The van der Waals surface area contributed by atoms with Gasteiger partial charge in [-0.2, -0.15) is 12.6 Å². The summed E-state index contributed by atoms with van der Waals surface area (Å²) in [4.78, 5) is 2.44. The lowest BCUT2D eigenvalue weighted by Gasteiger charge is -2.31. The molecule has 0 amide bonds. The van der Waals surface area contributed by atoms with Crippen LogP contribution in [-0.2, 0) is 4.74 Å². The van der Waals surface area contributed by atoms with Crippen LogP contribution in [0.4, 0.5) is 0 Å². The number of hydrogen-bond donors (Lipinski definition) is 1. The average Bonchev–Trinajstić information content (AvgIpc) is 2.21. The summed E-state index contributed by atoms with van der Waals surface area (Å²) in [6, 6.07) is 0. The molecule has 3 heteroatoms. The van der Waals surface area contributed by atoms with Crippen LogP contribution in [0.25, 0.3) is 0 Å². The van der Waals surface area contributed by atoms with E-state index < -0.39 is 0 Å². The zero-order valence-electron chi connectivity index (χ0n) is 9.04. The molecule has 1 saturated heterocycles. The van der Waals surface area contributed by atoms with E-state index in [1.165, 1.54) is 5.57 Å². The van der Waals surface area contributed by atoms with Gasteiger partial charge < -0.3 is 4.74 Å². The van der Waals surface area contributed by atoms with Crippen molar-refractivity contribution in [2.45, 2.75) is 25.9 Å². The van der Waals surface area contributed by atoms with E-state index in [0.717, 1.165) is 44.8 Å². The molecule has 0 aliphatic carbocycles. The molecule has 82 valence electrons. The van der Waals surface area contributed by atoms with Gasteiger partial charge in [-0.15, -0.1) is 0 Å². The summed E-state index contributed by atoms with van der Waals surface area (Å²) in [6.07, 6.45) is 2.81. The van der Waals surface area contributed by atoms with Gasteiger partial charge in [-0.1, -0.05) is 12.2 Å². The van der Waals surface area contributed by atoms with Gasteiger partial charge in [0, 0.05) is 32.0 Å². The average molecular weight is 215 g/mol. The van der Waals surface area contributed by atoms with Crippen LogP contribution < -0.4 is 0 Å². The number of hydrogen-bond acceptors (Lipinski definition) is 3. The molecule has 0 unspecified atom stereocenters. The number of likely N-dealkylation sites (tertiary alicyclic amines) is 1. The van der Waals surface area contributed by atoms with Gasteiger partial charge in [-0.05, 0) is 19.8 Å². The van der Waals surface area contributed by atoms with Gasteiger partial charge in [-0.3, -0.25) is 4.90 Å². The smallest absolute Gasteiger partial charge is 0.0599 e. The van der Waals surface area contributed by atoms with Crippen LogP contribution >= 0.6 is 12.6 Å². The Labute approximate surface area is 92.7 Å². The fourth-order valence-corrected chi connectivity index (χ4v) is 1.94. The van der Waals surface area contributed by atoms with Crippen molar-refractivity contribution in [1.29, 1.82) is 0 Å². The van der Waals surface area contributed by atoms with Crippen molar-refractivity contribution < 1.29 is 4.74 Å². The first-order valence-corrected chi connectivity index (χ1v) is 6.01. The lowest BCUT2D eigenvalue weighted by atomic mass is 10.1. The van der Waals surface area contributed by atoms with Crippen LogP contribution in [0.3, 0.4) is 0 Å². The third kappa shape index (κ3) is 4.03. The highest BCUT2D eigenvalue weighted by atomic mass is 32.1. The maximum absolute atomic E-state index is 5.60. The van der Waals surface area contributed by atoms with Gasteiger partial charge in [0.2, 0.25) is 0 Å². The van der Waals surface area contributed by atoms with E-state index in [1.54, 1.807) is 0 Å². The van der Waals surface area contributed by atoms with Crippen LogP contribution in [0.5, 0.6) is 0 Å². The van der Waals surface area contributed by atoms with Crippen molar-refractivity contribution in [2.24, 2.45) is 0 Å². The van der Waals surface area contributed by atoms with Gasteiger partial charge >= 0.3 is 0 Å². The monoisotopic (exact) mass is 215 g/mol. The van der Waals surface area contributed by atoms with Crippen molar-refractivity contribution in [3.63, 3.8) is 0 Å². The molecule has 14 heavy (non-hydrogen) atoms. The normalized spacial score (nSPS) is 19.9. The number of piperidine rings is 1. The first-order valence-electron chi connectivity index (χ1n) is 5.37. The largest absolute Gasteiger partial charge is 0.378 e. The molecular formula is C11H21NOS. The number of rotatable bonds is 5. The Morgan fingerprint density at radius 2 is 2.14 bits per heavy atom. The minimum atomic E-state index is 0.487. The predicted molar refractivity (Wildman–Crippen MR) is 64.1 cm³/mol. The SMILES string of the molecule is C=C(CS)CN1CCC(OCC)CC1. The fourth-order valence-electron chi connectivity index (χ4n) is 1.84. The molecule has 1 aliphatic rings. The molecule has 0 aromatic rings. The van der Waals surface area contributed by atoms with Gasteiger partial charge in [0.15, 0.2) is 0 Å². The highest BCUT2D eigenvalue weighted by Crippen LogP contribution is 2.14. The molecule has 0 N–H and O–H groups in total. The Morgan fingerprint density at radius 3 is 2.64 bits per heavy atom. The summed E-state index contributed by atoms with van der Waals surface area (Å²) >= 11 is 4.22. The second kappa shape index (κ2) is 6.49. The molecule has 0 aromatic heterocycles. The zero-order valence-corrected chi connectivity index (χ0v) is 9.93. The maximum Gasteiger partial charge on any atom is 0.0599 e. The molecular weight excluding hydrogens is 194 g/mol. The van der Waals surface area contributed by atoms with Gasteiger partial charge in [0.25, 0.3) is 0 Å². The zero-order chi connectivity index (χ0) is 10.4. The molecule has 1 fully saturated rings. The standard InChI is InChI=1S/C11H21NOS/c1-3-13-11-4-6-12(7-5-11)8-10(2)9-14/h11,14H,2-9H2,1H3. The van der Waals surface area contributed by atoms with Crippen LogP contribution in [0.1, 0.15) is 19.8 Å². The van der Waals surface area contributed by atoms with Crippen molar-refractivity contribution in [3.8, 4) is 0 Å². The second-order valence-electron chi connectivity index (χ2n) is 3.84. The van der Waals surface area contributed by atoms with E-state index in [2.05, 4.69) is 31.0 Å². The highest BCUT2D eigenvalue weighted by Gasteiger charge is 2.18. The molecule has 1 heterocycles. The second-order valence-corrected chi connectivity index (χ2v) is 4.16. The Balaban J connectivity index is 2.18. The molecule has 0 saturated carbocycles. The van der Waals surface area contributed by atoms with E-state index in [9.17, 15) is 0 Å². The van der Waals surface area contributed by atoms with E-state index in [0.29, 0.717) is 6.10 Å². The summed E-state index contributed by atoms with van der Waals surface area (Å²) < 4.78 is 5.60. The van der Waals surface area contributed by atoms with Gasteiger partial charge in [0.1, 0.15) is 0 Å². The van der Waals surface area contributed by atoms with Crippen molar-refractivity contribution in [1.82, 2.24) is 4.90 Å². The molecule has 0 bridgehead atoms. The lowest BCUT2D eigenvalue weighted by Crippen LogP contribution is -2.38. The Hall–Kier alpha value is 0.01000. The van der Waals surface area contributed by atoms with Gasteiger partial charge in [0.05, 0.1) is 6.10 Å². The van der Waals surface area contributed by atoms with Crippen LogP contribution in [0, 0.1) is 0 Å². The van der Waals surface area contributed by atoms with Crippen molar-refractivity contribution in [3.05, 3.63) is 12.2 Å². The Kier molecular flexibility index (Phi) is 5.60. The first-order chi connectivity index (χ1) is 6.76. The van der Waals surface area contributed by atoms with E-state index in [-0.39, 0.29) is 0 Å². The Bertz CT molecular complexity index is 176. The quantitative estimate of drug-likeness (QED) is 0.556. The van der Waals surface area contributed by atoms with Gasteiger partial charge in [-0.25, -0.2) is 0 Å². The van der Waals surface area contributed by atoms with Crippen LogP contribution in [0.2, 0.25) is 0 Å². The van der Waals surface area contributed by atoms with Crippen molar-refractivity contribution in [2.75, 3.05) is 32.0 Å². The van der Waals surface area contributed by atoms with Crippen LogP contribution in [0.15, 0.2) is 12.2 Å². The molecule has 0 spiro atoms. The fraction of sp³-hybridized carbons (Fsp3) is 0.818.